The van der Waals surface area contributed by atoms with Crippen LogP contribution in [0.2, 0.25) is 0 Å². The Balaban J connectivity index is 2.13. The third-order valence-electron chi connectivity index (χ3n) is 6.43. The van der Waals surface area contributed by atoms with Crippen LogP contribution in [0.5, 0.6) is 11.5 Å². The topological polar surface area (TPSA) is 79.3 Å². The summed E-state index contributed by atoms with van der Waals surface area (Å²) in [5.41, 5.74) is 3.08. The fourth-order valence-electron chi connectivity index (χ4n) is 4.28. The number of likely N-dealkylation sites (N-methyl/N-ethyl adjacent to an activating group) is 1. The van der Waals surface area contributed by atoms with Gasteiger partial charge in [-0.1, -0.05) is 37.6 Å². The van der Waals surface area contributed by atoms with Crippen molar-refractivity contribution in [2.45, 2.75) is 40.2 Å². The zero-order valence-corrected chi connectivity index (χ0v) is 22.4. The second-order valence-corrected chi connectivity index (χ2v) is 10.1. The summed E-state index contributed by atoms with van der Waals surface area (Å²) in [6.45, 7) is 9.53. The van der Waals surface area contributed by atoms with Gasteiger partial charge in [0, 0.05) is 18.7 Å². The molecular formula is C29H38N2O5. The molecule has 0 aromatic heterocycles. The Morgan fingerprint density at radius 2 is 1.81 bits per heavy atom. The zero-order chi connectivity index (χ0) is 26.6. The number of nitrogens with zero attached hydrogens (tertiary/aromatic N) is 2. The van der Waals surface area contributed by atoms with Gasteiger partial charge >= 0.3 is 0 Å². The largest absolute Gasteiger partial charge is 0.507 e. The summed E-state index contributed by atoms with van der Waals surface area (Å²) in [6.07, 6.45) is 0.908. The molecule has 0 saturated carbocycles. The van der Waals surface area contributed by atoms with Gasteiger partial charge in [0.25, 0.3) is 11.7 Å². The molecule has 194 valence electrons. The number of aryl methyl sites for hydroxylation is 2. The molecule has 1 saturated heterocycles. The Labute approximate surface area is 214 Å². The molecule has 1 aliphatic heterocycles. The van der Waals surface area contributed by atoms with Gasteiger partial charge in [0.1, 0.15) is 5.76 Å². The fraction of sp³-hybridized carbons (Fsp3) is 0.448. The van der Waals surface area contributed by atoms with Crippen molar-refractivity contribution in [1.82, 2.24) is 9.80 Å². The van der Waals surface area contributed by atoms with Crippen LogP contribution in [0.3, 0.4) is 0 Å². The molecule has 0 aliphatic carbocycles. The summed E-state index contributed by atoms with van der Waals surface area (Å²) in [5, 5.41) is 11.4. The number of likely N-dealkylation sites (tertiary alicyclic amines) is 1. The van der Waals surface area contributed by atoms with E-state index in [0.717, 1.165) is 17.5 Å². The van der Waals surface area contributed by atoms with Gasteiger partial charge in [-0.3, -0.25) is 9.59 Å². The number of hydrogen-bond donors (Lipinski definition) is 1. The molecule has 1 aliphatic rings. The first-order valence-corrected chi connectivity index (χ1v) is 12.4. The molecule has 7 heteroatoms. The number of benzene rings is 2. The van der Waals surface area contributed by atoms with E-state index in [4.69, 9.17) is 9.47 Å². The van der Waals surface area contributed by atoms with Crippen LogP contribution in [0.25, 0.3) is 5.76 Å². The molecule has 1 unspecified atom stereocenters. The summed E-state index contributed by atoms with van der Waals surface area (Å²) in [5.74, 6) is 0.154. The number of ether oxygens (including phenoxy) is 2. The van der Waals surface area contributed by atoms with E-state index in [1.165, 1.54) is 4.90 Å². The van der Waals surface area contributed by atoms with Crippen LogP contribution in [0.1, 0.15) is 48.6 Å². The minimum atomic E-state index is -0.747. The summed E-state index contributed by atoms with van der Waals surface area (Å²) < 4.78 is 11.5. The molecule has 7 nitrogen and oxygen atoms in total. The molecular weight excluding hydrogens is 456 g/mol. The van der Waals surface area contributed by atoms with Crippen molar-refractivity contribution in [3.63, 3.8) is 0 Å². The van der Waals surface area contributed by atoms with Crippen molar-refractivity contribution in [3.8, 4) is 11.5 Å². The van der Waals surface area contributed by atoms with Crippen molar-refractivity contribution in [3.05, 3.63) is 64.2 Å². The molecule has 1 amide bonds. The Hall–Kier alpha value is -3.32. The molecule has 1 N–H and O–H groups in total. The Bertz CT molecular complexity index is 1150. The molecule has 2 aromatic rings. The summed E-state index contributed by atoms with van der Waals surface area (Å²) in [7, 11) is 5.38. The highest BCUT2D eigenvalue weighted by Gasteiger charge is 2.46. The van der Waals surface area contributed by atoms with Crippen LogP contribution in [0.4, 0.5) is 0 Å². The molecule has 0 bridgehead atoms. The van der Waals surface area contributed by atoms with Crippen LogP contribution in [0, 0.1) is 19.8 Å². The van der Waals surface area contributed by atoms with E-state index in [2.05, 4.69) is 13.8 Å². The molecule has 1 fully saturated rings. The van der Waals surface area contributed by atoms with Gasteiger partial charge in [0.15, 0.2) is 11.5 Å². The van der Waals surface area contributed by atoms with Gasteiger partial charge in [-0.25, -0.2) is 0 Å². The SMILES string of the molecule is COc1cc(C2C(=C(O)c3cc(C)ccc3C)C(=O)C(=O)N2CCN(C)C)ccc1OCCC(C)C. The number of aliphatic hydroxyl groups is 1. The number of rotatable bonds is 10. The van der Waals surface area contributed by atoms with E-state index >= 15 is 0 Å². The van der Waals surface area contributed by atoms with E-state index in [9.17, 15) is 14.7 Å². The monoisotopic (exact) mass is 494 g/mol. The predicted octanol–water partition coefficient (Wildman–Crippen LogP) is 4.72. The lowest BCUT2D eigenvalue weighted by Gasteiger charge is -2.27. The van der Waals surface area contributed by atoms with Crippen LogP contribution >= 0.6 is 0 Å². The smallest absolute Gasteiger partial charge is 0.295 e. The molecule has 3 rings (SSSR count). The van der Waals surface area contributed by atoms with Crippen LogP contribution in [-0.4, -0.2) is 67.5 Å². The molecule has 36 heavy (non-hydrogen) atoms. The quantitative estimate of drug-likeness (QED) is 0.293. The third-order valence-corrected chi connectivity index (χ3v) is 6.43. The van der Waals surface area contributed by atoms with E-state index in [1.54, 1.807) is 19.2 Å². The predicted molar refractivity (Wildman–Crippen MR) is 141 cm³/mol. The average molecular weight is 495 g/mol. The minimum Gasteiger partial charge on any atom is -0.507 e. The maximum Gasteiger partial charge on any atom is 0.295 e. The van der Waals surface area contributed by atoms with Crippen molar-refractivity contribution >= 4 is 17.4 Å². The normalized spacial score (nSPS) is 17.4. The zero-order valence-electron chi connectivity index (χ0n) is 22.4. The standard InChI is InChI=1S/C29H38N2O5/c1-18(2)12-15-36-23-11-10-21(17-24(23)35-7)26-25(27(32)22-16-19(3)8-9-20(22)4)28(33)29(34)31(26)14-13-30(5)6/h8-11,16-18,26,32H,12-15H2,1-7H3. The lowest BCUT2D eigenvalue weighted by Crippen LogP contribution is -2.35. The van der Waals surface area contributed by atoms with E-state index in [-0.39, 0.29) is 11.3 Å². The number of aliphatic hydroxyl groups excluding tert-OH is 1. The first kappa shape index (κ1) is 27.3. The van der Waals surface area contributed by atoms with Gasteiger partial charge in [-0.2, -0.15) is 0 Å². The Morgan fingerprint density at radius 1 is 1.08 bits per heavy atom. The van der Waals surface area contributed by atoms with Crippen molar-refractivity contribution in [2.24, 2.45) is 5.92 Å². The number of amides is 1. The molecule has 1 heterocycles. The number of carbonyl (C=O) groups excluding carboxylic acids is 2. The number of carbonyl (C=O) groups is 2. The van der Waals surface area contributed by atoms with Crippen LogP contribution in [0.15, 0.2) is 42.0 Å². The Kier molecular flexibility index (Phi) is 8.79. The van der Waals surface area contributed by atoms with Gasteiger partial charge in [-0.05, 0) is 69.6 Å². The fourth-order valence-corrected chi connectivity index (χ4v) is 4.28. The van der Waals surface area contributed by atoms with Gasteiger partial charge in [0.2, 0.25) is 0 Å². The molecule has 0 radical (unpaired) electrons. The number of ketones is 1. The van der Waals surface area contributed by atoms with Crippen LogP contribution in [-0.2, 0) is 9.59 Å². The second-order valence-electron chi connectivity index (χ2n) is 10.1. The first-order chi connectivity index (χ1) is 17.0. The number of Topliss-reactive ketones (excluding diaryl/α,β-unsaturated/α-hetero) is 1. The molecule has 2 aromatic carbocycles. The first-order valence-electron chi connectivity index (χ1n) is 12.4. The summed E-state index contributed by atoms with van der Waals surface area (Å²) in [6, 6.07) is 10.4. The van der Waals surface area contributed by atoms with Crippen molar-refractivity contribution < 1.29 is 24.2 Å². The van der Waals surface area contributed by atoms with Gasteiger partial charge in [-0.15, -0.1) is 0 Å². The van der Waals surface area contributed by atoms with E-state index < -0.39 is 17.7 Å². The maximum absolute atomic E-state index is 13.3. The summed E-state index contributed by atoms with van der Waals surface area (Å²) >= 11 is 0. The van der Waals surface area contributed by atoms with E-state index in [0.29, 0.717) is 48.2 Å². The van der Waals surface area contributed by atoms with Crippen molar-refractivity contribution in [1.29, 1.82) is 0 Å². The minimum absolute atomic E-state index is 0.0861. The highest BCUT2D eigenvalue weighted by atomic mass is 16.5. The third kappa shape index (κ3) is 5.90. The summed E-state index contributed by atoms with van der Waals surface area (Å²) in [4.78, 5) is 30.0. The molecule has 0 spiro atoms. The van der Waals surface area contributed by atoms with Gasteiger partial charge < -0.3 is 24.4 Å². The average Bonchev–Trinajstić information content (AvgIpc) is 3.08. The van der Waals surface area contributed by atoms with E-state index in [1.807, 2.05) is 57.1 Å². The lowest BCUT2D eigenvalue weighted by atomic mass is 9.93. The number of methoxy groups -OCH3 is 1. The Morgan fingerprint density at radius 3 is 2.44 bits per heavy atom. The van der Waals surface area contributed by atoms with Crippen molar-refractivity contribution in [2.75, 3.05) is 40.9 Å². The second kappa shape index (κ2) is 11.6. The molecule has 1 atom stereocenters. The van der Waals surface area contributed by atoms with Crippen LogP contribution < -0.4 is 9.47 Å². The highest BCUT2D eigenvalue weighted by Crippen LogP contribution is 2.42. The van der Waals surface area contributed by atoms with Gasteiger partial charge in [0.05, 0.1) is 25.3 Å². The maximum atomic E-state index is 13.3. The number of hydrogen-bond acceptors (Lipinski definition) is 6. The highest BCUT2D eigenvalue weighted by molar-refractivity contribution is 6.46. The lowest BCUT2D eigenvalue weighted by molar-refractivity contribution is -0.140.